The molecule has 122 valence electrons. The van der Waals surface area contributed by atoms with E-state index in [1.807, 2.05) is 11.0 Å². The lowest BCUT2D eigenvalue weighted by molar-refractivity contribution is -0.135. The summed E-state index contributed by atoms with van der Waals surface area (Å²) in [7, 11) is 0. The van der Waals surface area contributed by atoms with Gasteiger partial charge in [-0.05, 0) is 36.5 Å². The number of benzene rings is 1. The second-order valence-electron chi connectivity index (χ2n) is 6.47. The van der Waals surface area contributed by atoms with Crippen LogP contribution >= 0.6 is 0 Å². The zero-order chi connectivity index (χ0) is 16.6. The minimum atomic E-state index is -0.428. The van der Waals surface area contributed by atoms with Gasteiger partial charge in [0.2, 0.25) is 11.8 Å². The molecular formula is C18H22N2O3. The first-order chi connectivity index (χ1) is 11.0. The summed E-state index contributed by atoms with van der Waals surface area (Å²) in [6, 6.07) is 5.78. The minimum Gasteiger partial charge on any atom is -0.346 e. The van der Waals surface area contributed by atoms with Crippen LogP contribution in [0, 0.1) is 5.92 Å². The third kappa shape index (κ3) is 3.00. The number of ketones is 1. The average molecular weight is 314 g/mol. The van der Waals surface area contributed by atoms with E-state index in [1.54, 1.807) is 0 Å². The first-order valence-corrected chi connectivity index (χ1v) is 8.17. The van der Waals surface area contributed by atoms with Crippen LogP contribution in [0.5, 0.6) is 0 Å². The molecule has 1 saturated heterocycles. The number of fused-ring (bicyclic) bond motifs is 1. The number of nitrogens with zero attached hydrogens (tertiary/aromatic N) is 1. The highest BCUT2D eigenvalue weighted by molar-refractivity contribution is 5.94. The SMILES string of the molecule is CCc1cccc2c1CN(C(=O)C[C@@H]1C[C@@H](C(C)=O)NC1=O)C2. The van der Waals surface area contributed by atoms with E-state index < -0.39 is 6.04 Å². The van der Waals surface area contributed by atoms with Crippen LogP contribution in [-0.2, 0) is 33.9 Å². The standard InChI is InChI=1S/C18H22N2O3/c1-3-12-5-4-6-13-9-20(10-15(12)13)17(22)8-14-7-16(11(2)21)19-18(14)23/h4-6,14,16H,3,7-10H2,1-2H3,(H,19,23)/t14-,16-/m0/s1. The van der Waals surface area contributed by atoms with E-state index in [1.165, 1.54) is 23.6 Å². The summed E-state index contributed by atoms with van der Waals surface area (Å²) < 4.78 is 0. The Balaban J connectivity index is 1.65. The predicted octanol–water partition coefficient (Wildman–Crippen LogP) is 1.57. The lowest BCUT2D eigenvalue weighted by Gasteiger charge is -2.17. The Morgan fingerprint density at radius 2 is 2.09 bits per heavy atom. The quantitative estimate of drug-likeness (QED) is 0.917. The molecule has 3 rings (SSSR count). The summed E-state index contributed by atoms with van der Waals surface area (Å²) in [5, 5.41) is 2.68. The van der Waals surface area contributed by atoms with Gasteiger partial charge in [0.1, 0.15) is 0 Å². The van der Waals surface area contributed by atoms with Crippen molar-refractivity contribution in [3.8, 4) is 0 Å². The van der Waals surface area contributed by atoms with Crippen molar-refractivity contribution < 1.29 is 14.4 Å². The van der Waals surface area contributed by atoms with Gasteiger partial charge in [-0.25, -0.2) is 0 Å². The lowest BCUT2D eigenvalue weighted by Crippen LogP contribution is -2.32. The summed E-state index contributed by atoms with van der Waals surface area (Å²) in [4.78, 5) is 37.7. The maximum Gasteiger partial charge on any atom is 0.224 e. The second-order valence-corrected chi connectivity index (χ2v) is 6.47. The normalized spacial score (nSPS) is 22.9. The molecule has 0 radical (unpaired) electrons. The molecule has 1 fully saturated rings. The summed E-state index contributed by atoms with van der Waals surface area (Å²) in [5.41, 5.74) is 3.74. The maximum absolute atomic E-state index is 12.6. The monoisotopic (exact) mass is 314 g/mol. The van der Waals surface area contributed by atoms with Gasteiger partial charge in [0, 0.05) is 25.4 Å². The van der Waals surface area contributed by atoms with Gasteiger partial charge in [0.15, 0.2) is 5.78 Å². The highest BCUT2D eigenvalue weighted by atomic mass is 16.2. The molecule has 5 heteroatoms. The van der Waals surface area contributed by atoms with Gasteiger partial charge in [0.25, 0.3) is 0 Å². The van der Waals surface area contributed by atoms with Crippen molar-refractivity contribution in [2.75, 3.05) is 0 Å². The van der Waals surface area contributed by atoms with Gasteiger partial charge in [0.05, 0.1) is 6.04 Å². The smallest absolute Gasteiger partial charge is 0.224 e. The Bertz CT molecular complexity index is 668. The van der Waals surface area contributed by atoms with Crippen LogP contribution in [0.15, 0.2) is 18.2 Å². The Morgan fingerprint density at radius 1 is 1.30 bits per heavy atom. The first kappa shape index (κ1) is 15.7. The molecule has 0 aliphatic carbocycles. The first-order valence-electron chi connectivity index (χ1n) is 8.17. The van der Waals surface area contributed by atoms with Crippen molar-refractivity contribution in [1.29, 1.82) is 0 Å². The van der Waals surface area contributed by atoms with Crippen molar-refractivity contribution >= 4 is 17.6 Å². The molecule has 2 amide bonds. The topological polar surface area (TPSA) is 66.5 Å². The second kappa shape index (κ2) is 6.14. The fourth-order valence-electron chi connectivity index (χ4n) is 3.52. The molecule has 0 saturated carbocycles. The Labute approximate surface area is 136 Å². The summed E-state index contributed by atoms with van der Waals surface area (Å²) in [6.07, 6.45) is 1.57. The summed E-state index contributed by atoms with van der Waals surface area (Å²) >= 11 is 0. The largest absolute Gasteiger partial charge is 0.346 e. The number of hydrogen-bond acceptors (Lipinski definition) is 3. The number of nitrogens with one attached hydrogen (secondary N) is 1. The van der Waals surface area contributed by atoms with Crippen LogP contribution in [0.2, 0.25) is 0 Å². The maximum atomic E-state index is 12.6. The highest BCUT2D eigenvalue weighted by Gasteiger charge is 2.37. The third-order valence-electron chi connectivity index (χ3n) is 4.93. The number of carbonyl (C=O) groups excluding carboxylic acids is 3. The summed E-state index contributed by atoms with van der Waals surface area (Å²) in [5.74, 6) is -0.614. The molecule has 2 aliphatic rings. The van der Waals surface area contributed by atoms with Crippen LogP contribution in [0.1, 0.15) is 43.4 Å². The highest BCUT2D eigenvalue weighted by Crippen LogP contribution is 2.28. The van der Waals surface area contributed by atoms with Crippen LogP contribution in [-0.4, -0.2) is 28.5 Å². The zero-order valence-corrected chi connectivity index (χ0v) is 13.6. The van der Waals surface area contributed by atoms with E-state index in [2.05, 4.69) is 24.4 Å². The number of Topliss-reactive ketones (excluding diaryl/α,β-unsaturated/α-hetero) is 1. The van der Waals surface area contributed by atoms with Crippen LogP contribution in [0.3, 0.4) is 0 Å². The van der Waals surface area contributed by atoms with E-state index in [0.717, 1.165) is 6.42 Å². The van der Waals surface area contributed by atoms with Crippen molar-refractivity contribution in [3.63, 3.8) is 0 Å². The Kier molecular flexibility index (Phi) is 4.20. The lowest BCUT2D eigenvalue weighted by atomic mass is 9.99. The number of carbonyl (C=O) groups is 3. The van der Waals surface area contributed by atoms with Crippen molar-refractivity contribution in [2.24, 2.45) is 5.92 Å². The van der Waals surface area contributed by atoms with Crippen molar-refractivity contribution in [2.45, 2.75) is 52.2 Å². The Hall–Kier alpha value is -2.17. The zero-order valence-electron chi connectivity index (χ0n) is 13.6. The fourth-order valence-corrected chi connectivity index (χ4v) is 3.52. The molecule has 0 aromatic heterocycles. The molecule has 1 N–H and O–H groups in total. The van der Waals surface area contributed by atoms with Crippen LogP contribution in [0.4, 0.5) is 0 Å². The van der Waals surface area contributed by atoms with Crippen molar-refractivity contribution in [1.82, 2.24) is 10.2 Å². The fraction of sp³-hybridized carbons (Fsp3) is 0.500. The molecule has 0 spiro atoms. The molecule has 2 aliphatic heterocycles. The van der Waals surface area contributed by atoms with Gasteiger partial charge < -0.3 is 10.2 Å². The molecule has 1 aromatic carbocycles. The number of aryl methyl sites for hydroxylation is 1. The molecule has 23 heavy (non-hydrogen) atoms. The third-order valence-corrected chi connectivity index (χ3v) is 4.93. The van der Waals surface area contributed by atoms with Gasteiger partial charge >= 0.3 is 0 Å². The molecule has 1 aromatic rings. The Morgan fingerprint density at radius 3 is 2.74 bits per heavy atom. The molecule has 0 unspecified atom stereocenters. The molecular weight excluding hydrogens is 292 g/mol. The van der Waals surface area contributed by atoms with E-state index in [-0.39, 0.29) is 29.9 Å². The number of rotatable bonds is 4. The molecule has 0 bridgehead atoms. The van der Waals surface area contributed by atoms with E-state index >= 15 is 0 Å². The molecule has 5 nitrogen and oxygen atoms in total. The predicted molar refractivity (Wildman–Crippen MR) is 85.4 cm³/mol. The van der Waals surface area contributed by atoms with Gasteiger partial charge in [-0.3, -0.25) is 14.4 Å². The van der Waals surface area contributed by atoms with E-state index in [4.69, 9.17) is 0 Å². The number of amides is 2. The van der Waals surface area contributed by atoms with Gasteiger partial charge in [-0.15, -0.1) is 0 Å². The van der Waals surface area contributed by atoms with Gasteiger partial charge in [-0.1, -0.05) is 25.1 Å². The molecule has 2 atom stereocenters. The van der Waals surface area contributed by atoms with Crippen molar-refractivity contribution in [3.05, 3.63) is 34.9 Å². The average Bonchev–Trinajstić information content (AvgIpc) is 3.11. The van der Waals surface area contributed by atoms with E-state index in [9.17, 15) is 14.4 Å². The van der Waals surface area contributed by atoms with Crippen LogP contribution < -0.4 is 5.32 Å². The molecule has 2 heterocycles. The number of hydrogen-bond donors (Lipinski definition) is 1. The summed E-state index contributed by atoms with van der Waals surface area (Å²) in [6.45, 7) is 4.83. The van der Waals surface area contributed by atoms with Crippen LogP contribution in [0.25, 0.3) is 0 Å². The van der Waals surface area contributed by atoms with E-state index in [0.29, 0.717) is 19.5 Å². The van der Waals surface area contributed by atoms with Gasteiger partial charge in [-0.2, -0.15) is 0 Å². The minimum absolute atomic E-state index is 0.00685.